The fourth-order valence-electron chi connectivity index (χ4n) is 4.34. The van der Waals surface area contributed by atoms with Crippen LogP contribution in [0.15, 0.2) is 66.7 Å². The molecule has 1 fully saturated rings. The summed E-state index contributed by atoms with van der Waals surface area (Å²) in [7, 11) is 0. The van der Waals surface area contributed by atoms with Crippen LogP contribution in [0.4, 0.5) is 0 Å². The van der Waals surface area contributed by atoms with E-state index in [0.717, 1.165) is 34.1 Å². The van der Waals surface area contributed by atoms with Crippen LogP contribution in [0.25, 0.3) is 0 Å². The van der Waals surface area contributed by atoms with Crippen molar-refractivity contribution >= 4 is 0 Å². The van der Waals surface area contributed by atoms with Crippen molar-refractivity contribution in [1.82, 2.24) is 0 Å². The molecule has 160 valence electrons. The zero-order valence-electron chi connectivity index (χ0n) is 19.5. The van der Waals surface area contributed by atoms with E-state index in [2.05, 4.69) is 99.1 Å². The van der Waals surface area contributed by atoms with Gasteiger partial charge in [-0.2, -0.15) is 0 Å². The van der Waals surface area contributed by atoms with E-state index in [-0.39, 0.29) is 0 Å². The quantitative estimate of drug-likeness (QED) is 0.380. The van der Waals surface area contributed by atoms with Crippen LogP contribution < -0.4 is 0 Å². The molecule has 0 nitrogen and oxygen atoms in total. The number of rotatable bonds is 2. The molecule has 1 aliphatic rings. The maximum absolute atomic E-state index is 3.30. The van der Waals surface area contributed by atoms with Crippen LogP contribution in [0, 0.1) is 49.4 Å². The molecule has 4 rings (SSSR count). The highest BCUT2D eigenvalue weighted by atomic mass is 14.2. The summed E-state index contributed by atoms with van der Waals surface area (Å²) in [6.45, 7) is 6.63. The maximum Gasteiger partial charge on any atom is 0.0251 e. The largest absolute Gasteiger partial charge is 0.0625 e. The SMILES string of the molecule is Cc1ccc(C#Cc2ccc(C#Cc3ccc(CC4CCC(C)CC4)cc3)cc2)cc1C. The molecule has 32 heavy (non-hydrogen) atoms. The highest BCUT2D eigenvalue weighted by Gasteiger charge is 2.18. The Balaban J connectivity index is 1.35. The Hall–Kier alpha value is -3.22. The van der Waals surface area contributed by atoms with Crippen LogP contribution in [-0.2, 0) is 6.42 Å². The van der Waals surface area contributed by atoms with Crippen molar-refractivity contribution in [3.8, 4) is 23.7 Å². The third-order valence-electron chi connectivity index (χ3n) is 6.71. The van der Waals surface area contributed by atoms with E-state index in [1.165, 1.54) is 48.8 Å². The van der Waals surface area contributed by atoms with Gasteiger partial charge in [0.25, 0.3) is 0 Å². The van der Waals surface area contributed by atoms with E-state index in [0.29, 0.717) is 0 Å². The first kappa shape index (κ1) is 22.0. The molecule has 3 aromatic rings. The molecule has 0 heterocycles. The molecule has 1 saturated carbocycles. The van der Waals surface area contributed by atoms with Crippen LogP contribution in [-0.4, -0.2) is 0 Å². The molecule has 0 amide bonds. The standard InChI is InChI=1S/C32H32/c1-24-4-7-31(8-5-24)23-32-20-17-29(18-21-32)15-12-27-10-13-28(14-11-27)16-19-30-9-6-25(2)26(3)22-30/h6,9-11,13-14,17-18,20-22,24,31H,4-5,7-8,23H2,1-3H3. The zero-order valence-corrected chi connectivity index (χ0v) is 19.5. The van der Waals surface area contributed by atoms with Crippen LogP contribution in [0.5, 0.6) is 0 Å². The van der Waals surface area contributed by atoms with Gasteiger partial charge in [0.2, 0.25) is 0 Å². The van der Waals surface area contributed by atoms with Crippen LogP contribution in [0.2, 0.25) is 0 Å². The van der Waals surface area contributed by atoms with Crippen molar-refractivity contribution in [2.24, 2.45) is 11.8 Å². The van der Waals surface area contributed by atoms with Crippen LogP contribution >= 0.6 is 0 Å². The Morgan fingerprint density at radius 2 is 1.06 bits per heavy atom. The Kier molecular flexibility index (Phi) is 7.14. The lowest BCUT2D eigenvalue weighted by Crippen LogP contribution is -2.14. The minimum Gasteiger partial charge on any atom is -0.0625 e. The lowest BCUT2D eigenvalue weighted by atomic mass is 9.80. The van der Waals surface area contributed by atoms with Crippen LogP contribution in [0.3, 0.4) is 0 Å². The molecule has 0 heteroatoms. The van der Waals surface area contributed by atoms with Gasteiger partial charge in [-0.05, 0) is 110 Å². The zero-order chi connectivity index (χ0) is 22.3. The third-order valence-corrected chi connectivity index (χ3v) is 6.71. The molecule has 0 radical (unpaired) electrons. The van der Waals surface area contributed by atoms with E-state index >= 15 is 0 Å². The molecule has 0 saturated heterocycles. The fourth-order valence-corrected chi connectivity index (χ4v) is 4.34. The molecule has 3 aromatic carbocycles. The molecule has 0 aliphatic heterocycles. The second-order valence-electron chi connectivity index (χ2n) is 9.40. The molecule has 0 aromatic heterocycles. The summed E-state index contributed by atoms with van der Waals surface area (Å²) in [5.74, 6) is 14.9. The van der Waals surface area contributed by atoms with Crippen molar-refractivity contribution in [1.29, 1.82) is 0 Å². The summed E-state index contributed by atoms with van der Waals surface area (Å²) in [5.41, 5.74) is 8.17. The average molecular weight is 417 g/mol. The summed E-state index contributed by atoms with van der Waals surface area (Å²) < 4.78 is 0. The molecular formula is C32H32. The molecule has 0 bridgehead atoms. The van der Waals surface area contributed by atoms with Gasteiger partial charge in [-0.3, -0.25) is 0 Å². The van der Waals surface area contributed by atoms with Gasteiger partial charge in [0.05, 0.1) is 0 Å². The molecule has 1 aliphatic carbocycles. The number of hydrogen-bond acceptors (Lipinski definition) is 0. The van der Waals surface area contributed by atoms with E-state index < -0.39 is 0 Å². The first-order chi connectivity index (χ1) is 15.5. The second-order valence-corrected chi connectivity index (χ2v) is 9.40. The Bertz CT molecular complexity index is 1160. The molecule has 0 N–H and O–H groups in total. The Morgan fingerprint density at radius 3 is 1.59 bits per heavy atom. The maximum atomic E-state index is 3.30. The third kappa shape index (κ3) is 6.15. The Morgan fingerprint density at radius 1 is 0.594 bits per heavy atom. The molecule has 0 atom stereocenters. The lowest BCUT2D eigenvalue weighted by molar-refractivity contribution is 0.289. The van der Waals surface area contributed by atoms with Crippen molar-refractivity contribution < 1.29 is 0 Å². The minimum absolute atomic E-state index is 0.861. The van der Waals surface area contributed by atoms with Gasteiger partial charge in [0.1, 0.15) is 0 Å². The predicted molar refractivity (Wildman–Crippen MR) is 136 cm³/mol. The van der Waals surface area contributed by atoms with Gasteiger partial charge in [-0.15, -0.1) is 0 Å². The van der Waals surface area contributed by atoms with Gasteiger partial charge in [0, 0.05) is 22.3 Å². The normalized spacial score (nSPS) is 17.6. The first-order valence-corrected chi connectivity index (χ1v) is 11.9. The Labute approximate surface area is 194 Å². The second kappa shape index (κ2) is 10.4. The van der Waals surface area contributed by atoms with Gasteiger partial charge >= 0.3 is 0 Å². The first-order valence-electron chi connectivity index (χ1n) is 11.9. The van der Waals surface area contributed by atoms with Gasteiger partial charge in [-0.1, -0.05) is 61.6 Å². The van der Waals surface area contributed by atoms with E-state index in [9.17, 15) is 0 Å². The van der Waals surface area contributed by atoms with Crippen molar-refractivity contribution in [3.63, 3.8) is 0 Å². The van der Waals surface area contributed by atoms with Gasteiger partial charge < -0.3 is 0 Å². The van der Waals surface area contributed by atoms with Crippen LogP contribution in [0.1, 0.15) is 71.6 Å². The summed E-state index contributed by atoms with van der Waals surface area (Å²) in [4.78, 5) is 0. The topological polar surface area (TPSA) is 0 Å². The van der Waals surface area contributed by atoms with Gasteiger partial charge in [-0.25, -0.2) is 0 Å². The monoisotopic (exact) mass is 416 g/mol. The fraction of sp³-hybridized carbons (Fsp3) is 0.312. The number of aryl methyl sites for hydroxylation is 2. The molecular weight excluding hydrogens is 384 g/mol. The summed E-state index contributed by atoms with van der Waals surface area (Å²) in [5, 5.41) is 0. The number of hydrogen-bond donors (Lipinski definition) is 0. The van der Waals surface area contributed by atoms with Crippen molar-refractivity contribution in [3.05, 3.63) is 106 Å². The summed E-state index contributed by atoms with van der Waals surface area (Å²) in [6, 6.07) is 23.4. The van der Waals surface area contributed by atoms with Crippen molar-refractivity contribution in [2.45, 2.75) is 52.9 Å². The van der Waals surface area contributed by atoms with E-state index in [1.54, 1.807) is 0 Å². The summed E-state index contributed by atoms with van der Waals surface area (Å²) in [6.07, 6.45) is 6.76. The van der Waals surface area contributed by atoms with E-state index in [4.69, 9.17) is 0 Å². The molecule has 0 unspecified atom stereocenters. The smallest absolute Gasteiger partial charge is 0.0251 e. The van der Waals surface area contributed by atoms with Gasteiger partial charge in [0.15, 0.2) is 0 Å². The predicted octanol–water partition coefficient (Wildman–Crippen LogP) is 7.47. The summed E-state index contributed by atoms with van der Waals surface area (Å²) >= 11 is 0. The highest BCUT2D eigenvalue weighted by Crippen LogP contribution is 2.30. The highest BCUT2D eigenvalue weighted by molar-refractivity contribution is 5.49. The average Bonchev–Trinajstić information content (AvgIpc) is 2.81. The van der Waals surface area contributed by atoms with E-state index in [1.807, 2.05) is 12.1 Å². The lowest BCUT2D eigenvalue weighted by Gasteiger charge is -2.26. The number of benzene rings is 3. The van der Waals surface area contributed by atoms with Crippen molar-refractivity contribution in [2.75, 3.05) is 0 Å². The molecule has 0 spiro atoms. The minimum atomic E-state index is 0.861.